The van der Waals surface area contributed by atoms with Crippen LogP contribution in [0.3, 0.4) is 0 Å². The Labute approximate surface area is 149 Å². The van der Waals surface area contributed by atoms with Crippen LogP contribution >= 0.6 is 0 Å². The fourth-order valence-corrected chi connectivity index (χ4v) is 2.72. The van der Waals surface area contributed by atoms with E-state index in [0.29, 0.717) is 30.1 Å². The Balaban J connectivity index is 1.93. The largest absolute Gasteiger partial charge is 0.507 e. The Morgan fingerprint density at radius 3 is 2.44 bits per heavy atom. The van der Waals surface area contributed by atoms with Gasteiger partial charge in [-0.3, -0.25) is 0 Å². The van der Waals surface area contributed by atoms with Crippen LogP contribution in [0.25, 0.3) is 0 Å². The van der Waals surface area contributed by atoms with Gasteiger partial charge in [0.25, 0.3) is 0 Å². The first kappa shape index (κ1) is 18.8. The minimum Gasteiger partial charge on any atom is -0.507 e. The van der Waals surface area contributed by atoms with E-state index >= 15 is 0 Å². The monoisotopic (exact) mass is 341 g/mol. The molecule has 0 aliphatic heterocycles. The SMILES string of the molecule is CCCCCCC/C(=N/O)c1ccc(OCc2ccccc2)cc1O. The van der Waals surface area contributed by atoms with Crippen molar-refractivity contribution >= 4 is 5.71 Å². The third kappa shape index (κ3) is 6.14. The zero-order chi connectivity index (χ0) is 17.9. The number of phenolic OH excluding ortho intramolecular Hbond substituents is 1. The second kappa shape index (κ2) is 10.4. The summed E-state index contributed by atoms with van der Waals surface area (Å²) in [5.74, 6) is 0.664. The molecule has 2 rings (SSSR count). The molecular formula is C21H27NO3. The van der Waals surface area contributed by atoms with E-state index in [-0.39, 0.29) is 5.75 Å². The van der Waals surface area contributed by atoms with Gasteiger partial charge < -0.3 is 15.1 Å². The molecule has 0 heterocycles. The number of aromatic hydroxyl groups is 1. The molecule has 2 aromatic rings. The molecule has 0 aliphatic carbocycles. The van der Waals surface area contributed by atoms with E-state index < -0.39 is 0 Å². The predicted molar refractivity (Wildman–Crippen MR) is 101 cm³/mol. The van der Waals surface area contributed by atoms with E-state index in [0.717, 1.165) is 18.4 Å². The van der Waals surface area contributed by atoms with Gasteiger partial charge >= 0.3 is 0 Å². The van der Waals surface area contributed by atoms with Gasteiger partial charge in [0.1, 0.15) is 18.1 Å². The maximum absolute atomic E-state index is 10.3. The highest BCUT2D eigenvalue weighted by molar-refractivity contribution is 6.02. The van der Waals surface area contributed by atoms with E-state index in [4.69, 9.17) is 4.74 Å². The first-order valence-electron chi connectivity index (χ1n) is 8.95. The molecule has 4 nitrogen and oxygen atoms in total. The highest BCUT2D eigenvalue weighted by Gasteiger charge is 2.11. The number of nitrogens with zero attached hydrogens (tertiary/aromatic N) is 1. The first-order chi connectivity index (χ1) is 12.2. The second-order valence-electron chi connectivity index (χ2n) is 6.16. The Morgan fingerprint density at radius 2 is 1.76 bits per heavy atom. The standard InChI is InChI=1S/C21H27NO3/c1-2-3-4-5-9-12-20(22-24)19-14-13-18(15-21(19)23)25-16-17-10-7-6-8-11-17/h6-8,10-11,13-15,23-24H,2-5,9,12,16H2,1H3/b22-20-. The van der Waals surface area contributed by atoms with Crippen molar-refractivity contribution in [2.75, 3.05) is 0 Å². The van der Waals surface area contributed by atoms with Gasteiger partial charge in [0.2, 0.25) is 0 Å². The summed E-state index contributed by atoms with van der Waals surface area (Å²) in [7, 11) is 0. The van der Waals surface area contributed by atoms with Crippen LogP contribution in [0.2, 0.25) is 0 Å². The maximum Gasteiger partial charge on any atom is 0.128 e. The summed E-state index contributed by atoms with van der Waals surface area (Å²) >= 11 is 0. The molecule has 0 saturated carbocycles. The van der Waals surface area contributed by atoms with Gasteiger partial charge in [-0.1, -0.05) is 68.1 Å². The van der Waals surface area contributed by atoms with Crippen molar-refractivity contribution in [1.82, 2.24) is 0 Å². The van der Waals surface area contributed by atoms with Gasteiger partial charge in [0.05, 0.1) is 5.71 Å². The number of hydrogen-bond acceptors (Lipinski definition) is 4. The smallest absolute Gasteiger partial charge is 0.128 e. The molecule has 0 atom stereocenters. The third-order valence-electron chi connectivity index (χ3n) is 4.17. The summed E-state index contributed by atoms with van der Waals surface area (Å²) < 4.78 is 5.70. The molecule has 2 aromatic carbocycles. The molecule has 2 N–H and O–H groups in total. The molecule has 134 valence electrons. The van der Waals surface area contributed by atoms with Gasteiger partial charge in [0, 0.05) is 11.6 Å². The van der Waals surface area contributed by atoms with Crippen LogP contribution < -0.4 is 4.74 Å². The van der Waals surface area contributed by atoms with E-state index in [9.17, 15) is 10.3 Å². The molecule has 0 saturated heterocycles. The lowest BCUT2D eigenvalue weighted by Gasteiger charge is -2.10. The molecule has 0 aliphatic rings. The zero-order valence-electron chi connectivity index (χ0n) is 14.8. The van der Waals surface area contributed by atoms with Crippen molar-refractivity contribution in [3.8, 4) is 11.5 Å². The van der Waals surface area contributed by atoms with E-state index in [1.54, 1.807) is 18.2 Å². The Hall–Kier alpha value is -2.49. The normalized spacial score (nSPS) is 11.5. The Morgan fingerprint density at radius 1 is 1.00 bits per heavy atom. The Bertz CT molecular complexity index is 668. The number of oxime groups is 1. The van der Waals surface area contributed by atoms with Crippen LogP contribution in [-0.4, -0.2) is 16.0 Å². The van der Waals surface area contributed by atoms with Crippen molar-refractivity contribution < 1.29 is 15.1 Å². The van der Waals surface area contributed by atoms with Gasteiger partial charge in [-0.2, -0.15) is 0 Å². The summed E-state index contributed by atoms with van der Waals surface area (Å²) in [5, 5.41) is 22.9. The summed E-state index contributed by atoms with van der Waals surface area (Å²) in [4.78, 5) is 0. The predicted octanol–water partition coefficient (Wildman–Crippen LogP) is 5.51. The van der Waals surface area contributed by atoms with Crippen molar-refractivity contribution in [3.05, 3.63) is 59.7 Å². The number of rotatable bonds is 10. The molecule has 0 spiro atoms. The van der Waals surface area contributed by atoms with E-state index in [2.05, 4.69) is 12.1 Å². The minimum absolute atomic E-state index is 0.0759. The molecular weight excluding hydrogens is 314 g/mol. The van der Waals surface area contributed by atoms with Crippen LogP contribution in [0.5, 0.6) is 11.5 Å². The van der Waals surface area contributed by atoms with Crippen molar-refractivity contribution in [2.24, 2.45) is 5.16 Å². The molecule has 0 amide bonds. The lowest BCUT2D eigenvalue weighted by atomic mass is 10.0. The Kier molecular flexibility index (Phi) is 7.83. The molecule has 0 bridgehead atoms. The molecule has 0 aromatic heterocycles. The number of hydrogen-bond donors (Lipinski definition) is 2. The number of benzene rings is 2. The lowest BCUT2D eigenvalue weighted by Crippen LogP contribution is -2.02. The maximum atomic E-state index is 10.3. The molecule has 0 radical (unpaired) electrons. The van der Waals surface area contributed by atoms with Crippen LogP contribution in [0, 0.1) is 0 Å². The lowest BCUT2D eigenvalue weighted by molar-refractivity contribution is 0.304. The number of phenols is 1. The van der Waals surface area contributed by atoms with Crippen LogP contribution in [-0.2, 0) is 6.61 Å². The fraction of sp³-hybridized carbons (Fsp3) is 0.381. The first-order valence-corrected chi connectivity index (χ1v) is 8.95. The van der Waals surface area contributed by atoms with Gasteiger partial charge in [-0.15, -0.1) is 0 Å². The average Bonchev–Trinajstić information content (AvgIpc) is 2.65. The van der Waals surface area contributed by atoms with Gasteiger partial charge in [-0.25, -0.2) is 0 Å². The highest BCUT2D eigenvalue weighted by atomic mass is 16.5. The van der Waals surface area contributed by atoms with E-state index in [1.807, 2.05) is 30.3 Å². The van der Waals surface area contributed by atoms with Crippen molar-refractivity contribution in [2.45, 2.75) is 52.1 Å². The topological polar surface area (TPSA) is 62.1 Å². The van der Waals surface area contributed by atoms with Gasteiger partial charge in [-0.05, 0) is 30.5 Å². The fourth-order valence-electron chi connectivity index (χ4n) is 2.72. The van der Waals surface area contributed by atoms with Crippen LogP contribution in [0.1, 0.15) is 56.6 Å². The molecule has 0 unspecified atom stereocenters. The summed E-state index contributed by atoms with van der Waals surface area (Å²) in [6.07, 6.45) is 6.32. The van der Waals surface area contributed by atoms with Crippen LogP contribution in [0.15, 0.2) is 53.7 Å². The average molecular weight is 341 g/mol. The highest BCUT2D eigenvalue weighted by Crippen LogP contribution is 2.26. The van der Waals surface area contributed by atoms with Crippen LogP contribution in [0.4, 0.5) is 0 Å². The minimum atomic E-state index is 0.0759. The zero-order valence-corrected chi connectivity index (χ0v) is 14.8. The molecule has 0 fully saturated rings. The third-order valence-corrected chi connectivity index (χ3v) is 4.17. The quantitative estimate of drug-likeness (QED) is 0.259. The van der Waals surface area contributed by atoms with Crippen molar-refractivity contribution in [3.63, 3.8) is 0 Å². The molecule has 25 heavy (non-hydrogen) atoms. The van der Waals surface area contributed by atoms with Crippen molar-refractivity contribution in [1.29, 1.82) is 0 Å². The van der Waals surface area contributed by atoms with Gasteiger partial charge in [0.15, 0.2) is 0 Å². The number of ether oxygens (including phenoxy) is 1. The molecule has 4 heteroatoms. The summed E-state index contributed by atoms with van der Waals surface area (Å²) in [6, 6.07) is 15.0. The van der Waals surface area contributed by atoms with E-state index in [1.165, 1.54) is 19.3 Å². The number of unbranched alkanes of at least 4 members (excludes halogenated alkanes) is 4. The summed E-state index contributed by atoms with van der Waals surface area (Å²) in [6.45, 7) is 2.62. The second-order valence-corrected chi connectivity index (χ2v) is 6.16. The summed E-state index contributed by atoms with van der Waals surface area (Å²) in [5.41, 5.74) is 2.14.